The SMILES string of the molecule is CC1CCC(NC(=O)C(C)C(N)c2ccccc2)CC1.Cl. The Morgan fingerprint density at radius 2 is 1.76 bits per heavy atom. The van der Waals surface area contributed by atoms with Crippen molar-refractivity contribution in [2.75, 3.05) is 0 Å². The molecule has 4 heteroatoms. The van der Waals surface area contributed by atoms with Gasteiger partial charge in [-0.1, -0.05) is 44.2 Å². The van der Waals surface area contributed by atoms with E-state index < -0.39 is 0 Å². The first-order chi connectivity index (χ1) is 9.58. The summed E-state index contributed by atoms with van der Waals surface area (Å²) in [6.45, 7) is 4.20. The molecule has 0 bridgehead atoms. The van der Waals surface area contributed by atoms with Gasteiger partial charge in [-0.2, -0.15) is 0 Å². The maximum atomic E-state index is 12.3. The molecule has 2 rings (SSSR count). The van der Waals surface area contributed by atoms with E-state index in [2.05, 4.69) is 12.2 Å². The van der Waals surface area contributed by atoms with Gasteiger partial charge in [-0.3, -0.25) is 4.79 Å². The van der Waals surface area contributed by atoms with Crippen LogP contribution in [0.3, 0.4) is 0 Å². The van der Waals surface area contributed by atoms with Gasteiger partial charge in [0.15, 0.2) is 0 Å². The summed E-state index contributed by atoms with van der Waals surface area (Å²) in [7, 11) is 0. The average Bonchev–Trinajstić information content (AvgIpc) is 2.49. The molecule has 0 aliphatic heterocycles. The summed E-state index contributed by atoms with van der Waals surface area (Å²) >= 11 is 0. The summed E-state index contributed by atoms with van der Waals surface area (Å²) < 4.78 is 0. The number of rotatable bonds is 4. The number of nitrogens with two attached hydrogens (primary N) is 1. The number of nitrogens with one attached hydrogen (secondary N) is 1. The molecule has 1 aromatic rings. The lowest BCUT2D eigenvalue weighted by molar-refractivity contribution is -0.126. The van der Waals surface area contributed by atoms with Crippen LogP contribution >= 0.6 is 12.4 Å². The van der Waals surface area contributed by atoms with Crippen LogP contribution in [0.2, 0.25) is 0 Å². The van der Waals surface area contributed by atoms with Crippen molar-refractivity contribution < 1.29 is 4.79 Å². The lowest BCUT2D eigenvalue weighted by Crippen LogP contribution is -2.42. The Hall–Kier alpha value is -1.06. The zero-order chi connectivity index (χ0) is 14.5. The fraction of sp³-hybridized carbons (Fsp3) is 0.588. The number of halogens is 1. The van der Waals surface area contributed by atoms with E-state index in [4.69, 9.17) is 5.73 Å². The third kappa shape index (κ3) is 5.01. The van der Waals surface area contributed by atoms with Crippen LogP contribution in [0.25, 0.3) is 0 Å². The summed E-state index contributed by atoms with van der Waals surface area (Å²) in [6.07, 6.45) is 4.62. The number of carbonyl (C=O) groups is 1. The molecule has 0 saturated heterocycles. The van der Waals surface area contributed by atoms with Gasteiger partial charge in [-0.15, -0.1) is 12.4 Å². The zero-order valence-electron chi connectivity index (χ0n) is 12.9. The number of carbonyl (C=O) groups excluding carboxylic acids is 1. The number of hydrogen-bond donors (Lipinski definition) is 2. The highest BCUT2D eigenvalue weighted by Gasteiger charge is 2.25. The van der Waals surface area contributed by atoms with Gasteiger partial charge in [0.25, 0.3) is 0 Å². The molecular weight excluding hydrogens is 284 g/mol. The number of amides is 1. The predicted octanol–water partition coefficient (Wildman–Crippen LogP) is 3.44. The molecule has 21 heavy (non-hydrogen) atoms. The van der Waals surface area contributed by atoms with E-state index in [-0.39, 0.29) is 30.3 Å². The van der Waals surface area contributed by atoms with E-state index in [1.54, 1.807) is 0 Å². The molecule has 0 heterocycles. The van der Waals surface area contributed by atoms with Crippen molar-refractivity contribution in [3.05, 3.63) is 35.9 Å². The second-order valence-corrected chi connectivity index (χ2v) is 6.19. The molecule has 0 aromatic heterocycles. The highest BCUT2D eigenvalue weighted by atomic mass is 35.5. The van der Waals surface area contributed by atoms with E-state index in [1.165, 1.54) is 12.8 Å². The molecule has 3 nitrogen and oxygen atoms in total. The minimum atomic E-state index is -0.237. The smallest absolute Gasteiger partial charge is 0.224 e. The van der Waals surface area contributed by atoms with Gasteiger partial charge in [-0.05, 0) is 37.2 Å². The molecule has 2 atom stereocenters. The van der Waals surface area contributed by atoms with E-state index in [0.717, 1.165) is 24.3 Å². The molecule has 1 saturated carbocycles. The Morgan fingerprint density at radius 1 is 1.19 bits per heavy atom. The van der Waals surface area contributed by atoms with Crippen molar-refractivity contribution in [1.82, 2.24) is 5.32 Å². The zero-order valence-corrected chi connectivity index (χ0v) is 13.7. The Morgan fingerprint density at radius 3 is 2.33 bits per heavy atom. The highest BCUT2D eigenvalue weighted by Crippen LogP contribution is 2.25. The topological polar surface area (TPSA) is 55.1 Å². The summed E-state index contributed by atoms with van der Waals surface area (Å²) in [5.74, 6) is 0.685. The largest absolute Gasteiger partial charge is 0.353 e. The third-order valence-corrected chi connectivity index (χ3v) is 4.50. The minimum Gasteiger partial charge on any atom is -0.353 e. The van der Waals surface area contributed by atoms with Crippen molar-refractivity contribution in [1.29, 1.82) is 0 Å². The van der Waals surface area contributed by atoms with Gasteiger partial charge < -0.3 is 11.1 Å². The molecule has 118 valence electrons. The monoisotopic (exact) mass is 310 g/mol. The first kappa shape index (κ1) is 18.0. The van der Waals surface area contributed by atoms with Gasteiger partial charge >= 0.3 is 0 Å². The first-order valence-electron chi connectivity index (χ1n) is 7.69. The van der Waals surface area contributed by atoms with Gasteiger partial charge in [0.1, 0.15) is 0 Å². The number of benzene rings is 1. The molecule has 1 fully saturated rings. The summed E-state index contributed by atoms with van der Waals surface area (Å²) in [5, 5.41) is 3.17. The quantitative estimate of drug-likeness (QED) is 0.895. The van der Waals surface area contributed by atoms with Crippen LogP contribution in [0.15, 0.2) is 30.3 Å². The summed E-state index contributed by atoms with van der Waals surface area (Å²) in [6, 6.07) is 9.95. The van der Waals surface area contributed by atoms with Crippen molar-refractivity contribution in [3.8, 4) is 0 Å². The Bertz CT molecular complexity index is 430. The van der Waals surface area contributed by atoms with Crippen LogP contribution in [-0.4, -0.2) is 11.9 Å². The Labute approximate surface area is 134 Å². The van der Waals surface area contributed by atoms with Crippen LogP contribution in [0, 0.1) is 11.8 Å². The van der Waals surface area contributed by atoms with E-state index in [9.17, 15) is 4.79 Å². The molecule has 1 aliphatic rings. The van der Waals surface area contributed by atoms with Crippen LogP contribution in [0.4, 0.5) is 0 Å². The average molecular weight is 311 g/mol. The van der Waals surface area contributed by atoms with E-state index >= 15 is 0 Å². The van der Waals surface area contributed by atoms with Gasteiger partial charge in [0.05, 0.1) is 5.92 Å². The third-order valence-electron chi connectivity index (χ3n) is 4.50. The maximum absolute atomic E-state index is 12.3. The normalized spacial score (nSPS) is 24.5. The van der Waals surface area contributed by atoms with E-state index in [1.807, 2.05) is 37.3 Å². The van der Waals surface area contributed by atoms with Crippen LogP contribution in [-0.2, 0) is 4.79 Å². The molecule has 0 spiro atoms. The van der Waals surface area contributed by atoms with Crippen LogP contribution in [0.1, 0.15) is 51.1 Å². The lowest BCUT2D eigenvalue weighted by atomic mass is 9.86. The second-order valence-electron chi connectivity index (χ2n) is 6.19. The summed E-state index contributed by atoms with van der Waals surface area (Å²) in [4.78, 5) is 12.3. The number of hydrogen-bond acceptors (Lipinski definition) is 2. The van der Waals surface area contributed by atoms with Gasteiger partial charge in [0.2, 0.25) is 5.91 Å². The molecule has 0 radical (unpaired) electrons. The van der Waals surface area contributed by atoms with Gasteiger partial charge in [-0.25, -0.2) is 0 Å². The Balaban J connectivity index is 0.00000220. The Kier molecular flexibility index (Phi) is 7.20. The van der Waals surface area contributed by atoms with Crippen molar-refractivity contribution in [3.63, 3.8) is 0 Å². The van der Waals surface area contributed by atoms with Crippen LogP contribution in [0.5, 0.6) is 0 Å². The second kappa shape index (κ2) is 8.40. The fourth-order valence-corrected chi connectivity index (χ4v) is 2.86. The molecular formula is C17H27ClN2O. The van der Waals surface area contributed by atoms with Crippen molar-refractivity contribution in [2.24, 2.45) is 17.6 Å². The maximum Gasteiger partial charge on any atom is 0.224 e. The molecule has 2 unspecified atom stereocenters. The van der Waals surface area contributed by atoms with E-state index in [0.29, 0.717) is 6.04 Å². The summed E-state index contributed by atoms with van der Waals surface area (Å²) in [5.41, 5.74) is 7.23. The molecule has 1 amide bonds. The lowest BCUT2D eigenvalue weighted by Gasteiger charge is -2.29. The first-order valence-corrected chi connectivity index (χ1v) is 7.69. The molecule has 3 N–H and O–H groups in total. The van der Waals surface area contributed by atoms with Gasteiger partial charge in [0, 0.05) is 12.1 Å². The van der Waals surface area contributed by atoms with Crippen LogP contribution < -0.4 is 11.1 Å². The molecule has 1 aliphatic carbocycles. The highest BCUT2D eigenvalue weighted by molar-refractivity contribution is 5.85. The fourth-order valence-electron chi connectivity index (χ4n) is 2.86. The van der Waals surface area contributed by atoms with Crippen molar-refractivity contribution in [2.45, 2.75) is 51.6 Å². The predicted molar refractivity (Wildman–Crippen MR) is 89.3 cm³/mol. The minimum absolute atomic E-state index is 0. The van der Waals surface area contributed by atoms with Crippen molar-refractivity contribution >= 4 is 18.3 Å². The standard InChI is InChI=1S/C17H26N2O.ClH/c1-12-8-10-15(11-9-12)19-17(20)13(2)16(18)14-6-4-3-5-7-14;/h3-7,12-13,15-16H,8-11,18H2,1-2H3,(H,19,20);1H. The molecule has 1 aromatic carbocycles.